The number of aliphatic carboxylic acids is 1. The summed E-state index contributed by atoms with van der Waals surface area (Å²) >= 11 is 0. The fraction of sp³-hybridized carbons (Fsp3) is 0.300. The Bertz CT molecular complexity index is 826. The third-order valence-corrected chi connectivity index (χ3v) is 5.05. The Morgan fingerprint density at radius 3 is 2.72 bits per heavy atom. The minimum absolute atomic E-state index is 0.156. The molecule has 1 fully saturated rings. The van der Waals surface area contributed by atoms with E-state index < -0.39 is 11.9 Å². The lowest BCUT2D eigenvalue weighted by atomic mass is 9.96. The zero-order chi connectivity index (χ0) is 17.4. The molecule has 1 saturated heterocycles. The molecule has 0 bridgehead atoms. The number of benzene rings is 2. The molecule has 0 aromatic heterocycles. The van der Waals surface area contributed by atoms with Gasteiger partial charge < -0.3 is 14.7 Å². The first-order valence-electron chi connectivity index (χ1n) is 8.46. The molecular weight excluding hydrogens is 318 g/mol. The van der Waals surface area contributed by atoms with Gasteiger partial charge in [0.1, 0.15) is 5.92 Å². The molecule has 0 radical (unpaired) electrons. The summed E-state index contributed by atoms with van der Waals surface area (Å²) < 4.78 is 5.44. The number of amides is 1. The third-order valence-electron chi connectivity index (χ3n) is 5.05. The number of carbonyl (C=O) groups excluding carboxylic acids is 1. The molecule has 0 unspecified atom stereocenters. The molecule has 2 aliphatic heterocycles. The lowest BCUT2D eigenvalue weighted by Crippen LogP contribution is -2.31. The van der Waals surface area contributed by atoms with Gasteiger partial charge in [0.15, 0.2) is 0 Å². The maximum atomic E-state index is 13.0. The van der Waals surface area contributed by atoms with E-state index in [1.54, 1.807) is 17.0 Å². The van der Waals surface area contributed by atoms with Crippen LogP contribution >= 0.6 is 0 Å². The molecule has 5 nitrogen and oxygen atoms in total. The van der Waals surface area contributed by atoms with Crippen molar-refractivity contribution in [2.24, 2.45) is 0 Å². The van der Waals surface area contributed by atoms with Crippen molar-refractivity contribution in [3.63, 3.8) is 0 Å². The van der Waals surface area contributed by atoms with Crippen LogP contribution in [0.25, 0.3) is 0 Å². The first-order chi connectivity index (χ1) is 12.1. The van der Waals surface area contributed by atoms with Crippen LogP contribution in [0.5, 0.6) is 0 Å². The van der Waals surface area contributed by atoms with E-state index in [1.807, 2.05) is 36.4 Å². The second kappa shape index (κ2) is 6.33. The van der Waals surface area contributed by atoms with Crippen LogP contribution < -0.4 is 4.90 Å². The van der Waals surface area contributed by atoms with Gasteiger partial charge in [0, 0.05) is 30.3 Å². The highest BCUT2D eigenvalue weighted by molar-refractivity contribution is 6.08. The minimum atomic E-state index is -0.903. The average Bonchev–Trinajstić information content (AvgIpc) is 3.29. The van der Waals surface area contributed by atoms with Gasteiger partial charge in [-0.3, -0.25) is 9.59 Å². The summed E-state index contributed by atoms with van der Waals surface area (Å²) in [5, 5.41) is 9.47. The van der Waals surface area contributed by atoms with E-state index >= 15 is 0 Å². The standard InChI is InChI=1S/C20H19NO4/c22-19(14-5-3-4-13(10-14)15-8-9-25-12-15)21-11-17(20(23)24)16-6-1-2-7-18(16)21/h1-7,10,15,17H,8-9,11-12H2,(H,23,24)/t15-,17+/m0/s1. The van der Waals surface area contributed by atoms with Crippen molar-refractivity contribution >= 4 is 17.6 Å². The van der Waals surface area contributed by atoms with Crippen LogP contribution in [0.15, 0.2) is 48.5 Å². The number of carboxylic acid groups (broad SMARTS) is 1. The van der Waals surface area contributed by atoms with Gasteiger partial charge in [-0.25, -0.2) is 0 Å². The zero-order valence-electron chi connectivity index (χ0n) is 13.7. The van der Waals surface area contributed by atoms with Gasteiger partial charge in [0.05, 0.1) is 6.61 Å². The average molecular weight is 337 g/mol. The highest BCUT2D eigenvalue weighted by atomic mass is 16.5. The number of hydrogen-bond donors (Lipinski definition) is 1. The van der Waals surface area contributed by atoms with Gasteiger partial charge >= 0.3 is 5.97 Å². The number of ether oxygens (including phenoxy) is 1. The van der Waals surface area contributed by atoms with Crippen LogP contribution in [-0.4, -0.2) is 36.7 Å². The molecule has 0 aliphatic carbocycles. The smallest absolute Gasteiger partial charge is 0.312 e. The normalized spacial score (nSPS) is 22.0. The summed E-state index contributed by atoms with van der Waals surface area (Å²) in [5.74, 6) is -1.41. The van der Waals surface area contributed by atoms with E-state index in [1.165, 1.54) is 0 Å². The number of carboxylic acids is 1. The van der Waals surface area contributed by atoms with Crippen LogP contribution in [0.4, 0.5) is 5.69 Å². The highest BCUT2D eigenvalue weighted by Crippen LogP contribution is 2.37. The summed E-state index contributed by atoms with van der Waals surface area (Å²) in [6.45, 7) is 1.61. The van der Waals surface area contributed by atoms with Crippen LogP contribution in [0.3, 0.4) is 0 Å². The van der Waals surface area contributed by atoms with E-state index in [0.717, 1.165) is 18.6 Å². The molecule has 2 aromatic rings. The van der Waals surface area contributed by atoms with Gasteiger partial charge in [0.25, 0.3) is 5.91 Å². The molecule has 0 spiro atoms. The van der Waals surface area contributed by atoms with Crippen molar-refractivity contribution in [2.45, 2.75) is 18.3 Å². The molecular formula is C20H19NO4. The Labute approximate surface area is 145 Å². The van der Waals surface area contributed by atoms with Crippen LogP contribution in [-0.2, 0) is 9.53 Å². The Hall–Kier alpha value is -2.66. The molecule has 4 rings (SSSR count). The molecule has 128 valence electrons. The van der Waals surface area contributed by atoms with Crippen LogP contribution in [0.2, 0.25) is 0 Å². The fourth-order valence-electron chi connectivity index (χ4n) is 3.69. The highest BCUT2D eigenvalue weighted by Gasteiger charge is 2.36. The van der Waals surface area contributed by atoms with Crippen molar-refractivity contribution in [1.29, 1.82) is 0 Å². The number of carbonyl (C=O) groups is 2. The minimum Gasteiger partial charge on any atom is -0.481 e. The molecule has 5 heteroatoms. The number of rotatable bonds is 3. The van der Waals surface area contributed by atoms with Gasteiger partial charge in [-0.2, -0.15) is 0 Å². The monoisotopic (exact) mass is 337 g/mol. The van der Waals surface area contributed by atoms with E-state index in [4.69, 9.17) is 4.74 Å². The van der Waals surface area contributed by atoms with Gasteiger partial charge in [0.2, 0.25) is 0 Å². The van der Waals surface area contributed by atoms with Crippen molar-refractivity contribution < 1.29 is 19.4 Å². The van der Waals surface area contributed by atoms with Gasteiger partial charge in [-0.1, -0.05) is 30.3 Å². The van der Waals surface area contributed by atoms with Crippen molar-refractivity contribution in [3.05, 3.63) is 65.2 Å². The van der Waals surface area contributed by atoms with Gasteiger partial charge in [-0.15, -0.1) is 0 Å². The Morgan fingerprint density at radius 2 is 1.96 bits per heavy atom. The fourth-order valence-corrected chi connectivity index (χ4v) is 3.69. The summed E-state index contributed by atoms with van der Waals surface area (Å²) in [6, 6.07) is 14.8. The number of anilines is 1. The largest absolute Gasteiger partial charge is 0.481 e. The predicted molar refractivity (Wildman–Crippen MR) is 93.1 cm³/mol. The number of nitrogens with zero attached hydrogens (tertiary/aromatic N) is 1. The van der Waals surface area contributed by atoms with Crippen LogP contribution in [0, 0.1) is 0 Å². The molecule has 0 saturated carbocycles. The number of fused-ring (bicyclic) bond motifs is 1. The van der Waals surface area contributed by atoms with E-state index in [0.29, 0.717) is 29.3 Å². The first-order valence-corrected chi connectivity index (χ1v) is 8.46. The molecule has 1 amide bonds. The van der Waals surface area contributed by atoms with E-state index in [-0.39, 0.29) is 12.5 Å². The lowest BCUT2D eigenvalue weighted by Gasteiger charge is -2.18. The summed E-state index contributed by atoms with van der Waals surface area (Å²) in [4.78, 5) is 26.2. The SMILES string of the molecule is O=C(O)[C@@H]1CN(C(=O)c2cccc([C@H]3CCOC3)c2)c2ccccc21. The molecule has 2 aliphatic rings. The molecule has 2 aromatic carbocycles. The van der Waals surface area contributed by atoms with Gasteiger partial charge in [-0.05, 0) is 35.7 Å². The summed E-state index contributed by atoms with van der Waals surface area (Å²) in [5.41, 5.74) is 3.08. The number of hydrogen-bond acceptors (Lipinski definition) is 3. The third kappa shape index (κ3) is 2.81. The summed E-state index contributed by atoms with van der Waals surface area (Å²) in [6.07, 6.45) is 0.964. The first kappa shape index (κ1) is 15.8. The predicted octanol–water partition coefficient (Wildman–Crippen LogP) is 3.02. The van der Waals surface area contributed by atoms with Crippen molar-refractivity contribution in [2.75, 3.05) is 24.7 Å². The molecule has 1 N–H and O–H groups in total. The Kier molecular flexibility index (Phi) is 4.01. The van der Waals surface area contributed by atoms with E-state index in [9.17, 15) is 14.7 Å². The molecule has 2 atom stereocenters. The lowest BCUT2D eigenvalue weighted by molar-refractivity contribution is -0.138. The number of para-hydroxylation sites is 1. The van der Waals surface area contributed by atoms with E-state index in [2.05, 4.69) is 0 Å². The maximum Gasteiger partial charge on any atom is 0.312 e. The zero-order valence-corrected chi connectivity index (χ0v) is 13.7. The second-order valence-corrected chi connectivity index (χ2v) is 6.55. The van der Waals surface area contributed by atoms with Crippen LogP contribution in [0.1, 0.15) is 39.7 Å². The Balaban J connectivity index is 1.65. The Morgan fingerprint density at radius 1 is 1.12 bits per heavy atom. The van der Waals surface area contributed by atoms with Crippen molar-refractivity contribution in [1.82, 2.24) is 0 Å². The second-order valence-electron chi connectivity index (χ2n) is 6.55. The molecule has 25 heavy (non-hydrogen) atoms. The maximum absolute atomic E-state index is 13.0. The molecule has 2 heterocycles. The summed E-state index contributed by atoms with van der Waals surface area (Å²) in [7, 11) is 0. The van der Waals surface area contributed by atoms with Crippen molar-refractivity contribution in [3.8, 4) is 0 Å². The topological polar surface area (TPSA) is 66.8 Å². The quantitative estimate of drug-likeness (QED) is 0.935.